The Morgan fingerprint density at radius 2 is 1.93 bits per heavy atom. The number of rotatable bonds is 4. The zero-order valence-electron chi connectivity index (χ0n) is 16.0. The van der Waals surface area contributed by atoms with Crippen LogP contribution in [0.3, 0.4) is 0 Å². The minimum absolute atomic E-state index is 0.00308. The summed E-state index contributed by atoms with van der Waals surface area (Å²) in [5, 5.41) is 3.06. The second-order valence-corrected chi connectivity index (χ2v) is 7.72. The number of nitrogens with one attached hydrogen (secondary N) is 2. The number of benzene rings is 2. The van der Waals surface area contributed by atoms with E-state index in [9.17, 15) is 9.59 Å². The molecule has 29 heavy (non-hydrogen) atoms. The highest BCUT2D eigenvalue weighted by molar-refractivity contribution is 6.08. The minimum atomic E-state index is -0.707. The van der Waals surface area contributed by atoms with Crippen molar-refractivity contribution in [2.45, 2.75) is 30.7 Å². The number of para-hydroxylation sites is 1. The summed E-state index contributed by atoms with van der Waals surface area (Å²) in [6.07, 6.45) is 5.19. The van der Waals surface area contributed by atoms with Crippen molar-refractivity contribution < 1.29 is 9.59 Å². The first kappa shape index (κ1) is 17.7. The van der Waals surface area contributed by atoms with Gasteiger partial charge in [-0.05, 0) is 36.5 Å². The van der Waals surface area contributed by atoms with Gasteiger partial charge >= 0.3 is 0 Å². The summed E-state index contributed by atoms with van der Waals surface area (Å²) in [7, 11) is 0. The van der Waals surface area contributed by atoms with Crippen LogP contribution in [0.2, 0.25) is 0 Å². The molecule has 1 spiro atoms. The average Bonchev–Trinajstić information content (AvgIpc) is 3.47. The van der Waals surface area contributed by atoms with Crippen LogP contribution in [0.15, 0.2) is 67.1 Å². The normalized spacial score (nSPS) is 22.7. The van der Waals surface area contributed by atoms with E-state index in [1.54, 1.807) is 6.20 Å². The Kier molecular flexibility index (Phi) is 4.19. The van der Waals surface area contributed by atoms with Crippen molar-refractivity contribution in [2.75, 3.05) is 11.9 Å². The molecule has 2 atom stereocenters. The van der Waals surface area contributed by atoms with E-state index in [1.165, 1.54) is 11.9 Å². The van der Waals surface area contributed by atoms with Crippen LogP contribution in [0, 0.1) is 0 Å². The van der Waals surface area contributed by atoms with Crippen LogP contribution < -0.4 is 5.32 Å². The number of amides is 2. The molecule has 6 heteroatoms. The molecule has 3 aromatic rings. The lowest BCUT2D eigenvalue weighted by Crippen LogP contribution is -2.49. The van der Waals surface area contributed by atoms with Crippen LogP contribution in [0.5, 0.6) is 0 Å². The van der Waals surface area contributed by atoms with Crippen molar-refractivity contribution in [2.24, 2.45) is 0 Å². The average molecular weight is 386 g/mol. The topological polar surface area (TPSA) is 78.1 Å². The van der Waals surface area contributed by atoms with Gasteiger partial charge in [0.15, 0.2) is 0 Å². The van der Waals surface area contributed by atoms with E-state index in [-0.39, 0.29) is 17.9 Å². The number of imidazole rings is 1. The molecule has 2 amide bonds. The third-order valence-electron chi connectivity index (χ3n) is 6.29. The van der Waals surface area contributed by atoms with E-state index >= 15 is 0 Å². The fourth-order valence-electron chi connectivity index (χ4n) is 4.92. The van der Waals surface area contributed by atoms with Crippen LogP contribution in [0.25, 0.3) is 0 Å². The molecule has 0 unspecified atom stereocenters. The summed E-state index contributed by atoms with van der Waals surface area (Å²) < 4.78 is 0. The van der Waals surface area contributed by atoms with Crippen molar-refractivity contribution in [3.8, 4) is 0 Å². The molecular formula is C23H22N4O2. The lowest BCUT2D eigenvalue weighted by Gasteiger charge is -2.34. The number of carbonyl (C=O) groups is 2. The van der Waals surface area contributed by atoms with Crippen LogP contribution in [-0.4, -0.2) is 39.3 Å². The quantitative estimate of drug-likeness (QED) is 0.723. The van der Waals surface area contributed by atoms with Crippen molar-refractivity contribution in [3.63, 3.8) is 0 Å². The number of aromatic nitrogens is 2. The molecule has 2 aliphatic rings. The van der Waals surface area contributed by atoms with Crippen molar-refractivity contribution in [1.29, 1.82) is 0 Å². The monoisotopic (exact) mass is 386 g/mol. The van der Waals surface area contributed by atoms with Crippen LogP contribution in [0.4, 0.5) is 5.69 Å². The van der Waals surface area contributed by atoms with Crippen LogP contribution in [-0.2, 0) is 16.6 Å². The number of H-pyrrole nitrogens is 1. The summed E-state index contributed by atoms with van der Waals surface area (Å²) in [4.78, 5) is 35.2. The highest BCUT2D eigenvalue weighted by atomic mass is 16.2. The molecule has 2 N–H and O–H groups in total. The third-order valence-corrected chi connectivity index (χ3v) is 6.29. The number of fused-ring (bicyclic) bond motifs is 2. The van der Waals surface area contributed by atoms with Crippen molar-refractivity contribution in [3.05, 3.63) is 83.9 Å². The van der Waals surface area contributed by atoms with Gasteiger partial charge in [0.25, 0.3) is 5.91 Å². The van der Waals surface area contributed by atoms with Crippen molar-refractivity contribution >= 4 is 17.5 Å². The SMILES string of the molecule is O=C(c1cnc[nH]1)N1CC[C@@]2(C(=O)Nc3ccccc32)[C@@H]1CCc1ccccc1. The summed E-state index contributed by atoms with van der Waals surface area (Å²) in [5.41, 5.74) is 2.82. The molecule has 0 bridgehead atoms. The summed E-state index contributed by atoms with van der Waals surface area (Å²) in [5.74, 6) is -0.105. The zero-order valence-corrected chi connectivity index (χ0v) is 16.0. The van der Waals surface area contributed by atoms with Gasteiger partial charge < -0.3 is 15.2 Å². The number of carbonyl (C=O) groups excluding carboxylic acids is 2. The Balaban J connectivity index is 1.54. The van der Waals surface area contributed by atoms with E-state index in [0.717, 1.165) is 17.7 Å². The van der Waals surface area contributed by atoms with Gasteiger partial charge in [-0.25, -0.2) is 4.98 Å². The Morgan fingerprint density at radius 3 is 2.72 bits per heavy atom. The highest BCUT2D eigenvalue weighted by Crippen LogP contribution is 2.49. The third kappa shape index (κ3) is 2.75. The van der Waals surface area contributed by atoms with Gasteiger partial charge in [0.05, 0.1) is 24.0 Å². The lowest BCUT2D eigenvalue weighted by atomic mass is 9.73. The second kappa shape index (κ2) is 6.88. The standard InChI is InChI=1S/C23H22N4O2/c28-21(19-14-24-15-25-19)27-13-12-23(17-8-4-5-9-18(17)26-22(23)29)20(27)11-10-16-6-2-1-3-7-16/h1-9,14-15,20H,10-13H2,(H,24,25)(H,26,29)/t20-,23-/m0/s1. The molecular weight excluding hydrogens is 364 g/mol. The van der Waals surface area contributed by atoms with Gasteiger partial charge in [-0.1, -0.05) is 48.5 Å². The van der Waals surface area contributed by atoms with Gasteiger partial charge in [0.1, 0.15) is 5.69 Å². The van der Waals surface area contributed by atoms with E-state index in [4.69, 9.17) is 0 Å². The Bertz CT molecular complexity index is 1050. The molecule has 146 valence electrons. The molecule has 0 radical (unpaired) electrons. The maximum absolute atomic E-state index is 13.3. The highest BCUT2D eigenvalue weighted by Gasteiger charge is 2.58. The van der Waals surface area contributed by atoms with Crippen molar-refractivity contribution in [1.82, 2.24) is 14.9 Å². The molecule has 1 aromatic heterocycles. The molecule has 5 rings (SSSR count). The zero-order chi connectivity index (χ0) is 19.8. The number of anilines is 1. The first-order chi connectivity index (χ1) is 14.2. The number of aryl methyl sites for hydroxylation is 1. The summed E-state index contributed by atoms with van der Waals surface area (Å²) >= 11 is 0. The fraction of sp³-hybridized carbons (Fsp3) is 0.261. The predicted octanol–water partition coefficient (Wildman–Crippen LogP) is 3.15. The number of nitrogens with zero attached hydrogens (tertiary/aromatic N) is 2. The number of likely N-dealkylation sites (tertiary alicyclic amines) is 1. The van der Waals surface area contributed by atoms with Gasteiger partial charge in [0.2, 0.25) is 5.91 Å². The Labute approximate surface area is 169 Å². The second-order valence-electron chi connectivity index (χ2n) is 7.72. The fourth-order valence-corrected chi connectivity index (χ4v) is 4.92. The largest absolute Gasteiger partial charge is 0.341 e. The summed E-state index contributed by atoms with van der Waals surface area (Å²) in [6.45, 7) is 0.541. The van der Waals surface area contributed by atoms with Crippen LogP contribution in [0.1, 0.15) is 34.5 Å². The van der Waals surface area contributed by atoms with Gasteiger partial charge in [-0.3, -0.25) is 9.59 Å². The van der Waals surface area contributed by atoms with Gasteiger partial charge in [0, 0.05) is 12.2 Å². The maximum atomic E-state index is 13.3. The number of aromatic amines is 1. The van der Waals surface area contributed by atoms with Gasteiger partial charge in [-0.15, -0.1) is 0 Å². The molecule has 2 aromatic carbocycles. The van der Waals surface area contributed by atoms with E-state index in [1.807, 2.05) is 47.4 Å². The molecule has 0 saturated carbocycles. The minimum Gasteiger partial charge on any atom is -0.341 e. The van der Waals surface area contributed by atoms with Crippen LogP contribution >= 0.6 is 0 Å². The smallest absolute Gasteiger partial charge is 0.272 e. The van der Waals surface area contributed by atoms with E-state index in [0.29, 0.717) is 25.1 Å². The molecule has 1 fully saturated rings. The van der Waals surface area contributed by atoms with Gasteiger partial charge in [-0.2, -0.15) is 0 Å². The summed E-state index contributed by atoms with van der Waals surface area (Å²) in [6, 6.07) is 17.8. The molecule has 1 saturated heterocycles. The Morgan fingerprint density at radius 1 is 1.14 bits per heavy atom. The lowest BCUT2D eigenvalue weighted by molar-refractivity contribution is -0.121. The molecule has 2 aliphatic heterocycles. The molecule has 0 aliphatic carbocycles. The van der Waals surface area contributed by atoms with E-state index < -0.39 is 5.41 Å². The number of hydrogen-bond acceptors (Lipinski definition) is 3. The first-order valence-corrected chi connectivity index (χ1v) is 9.94. The maximum Gasteiger partial charge on any atom is 0.272 e. The van der Waals surface area contributed by atoms with E-state index in [2.05, 4.69) is 27.4 Å². The Hall–Kier alpha value is -3.41. The molecule has 6 nitrogen and oxygen atoms in total. The predicted molar refractivity (Wildman–Crippen MR) is 110 cm³/mol. The molecule has 3 heterocycles. The number of hydrogen-bond donors (Lipinski definition) is 2. The first-order valence-electron chi connectivity index (χ1n) is 9.94.